The van der Waals surface area contributed by atoms with Crippen molar-refractivity contribution in [1.82, 2.24) is 10.2 Å². The topological polar surface area (TPSA) is 41.6 Å². The highest BCUT2D eigenvalue weighted by molar-refractivity contribution is 5.68. The van der Waals surface area contributed by atoms with Gasteiger partial charge in [0.05, 0.1) is 6.61 Å². The third-order valence-electron chi connectivity index (χ3n) is 3.15. The lowest BCUT2D eigenvalue weighted by molar-refractivity contribution is 0.0777. The molecule has 4 nitrogen and oxygen atoms in total. The second-order valence-electron chi connectivity index (χ2n) is 4.43. The van der Waals surface area contributed by atoms with Crippen molar-refractivity contribution in [2.45, 2.75) is 32.2 Å². The number of hydrogen-bond donors (Lipinski definition) is 1. The maximum absolute atomic E-state index is 11.7. The number of carbonyl (C=O) groups is 1. The van der Waals surface area contributed by atoms with Gasteiger partial charge in [0.1, 0.15) is 0 Å². The van der Waals surface area contributed by atoms with Gasteiger partial charge in [-0.1, -0.05) is 12.8 Å². The van der Waals surface area contributed by atoms with E-state index in [2.05, 4.69) is 5.32 Å². The lowest BCUT2D eigenvalue weighted by atomic mass is 10.1. The predicted molar refractivity (Wildman–Crippen MR) is 57.7 cm³/mol. The summed E-state index contributed by atoms with van der Waals surface area (Å²) in [6.07, 6.45) is 3.69. The Labute approximate surface area is 91.0 Å². The van der Waals surface area contributed by atoms with E-state index < -0.39 is 0 Å². The number of ether oxygens (including phenoxy) is 1. The highest BCUT2D eigenvalue weighted by Gasteiger charge is 2.33. The first-order valence-electron chi connectivity index (χ1n) is 5.95. The van der Waals surface area contributed by atoms with Gasteiger partial charge in [-0.2, -0.15) is 0 Å². The maximum Gasteiger partial charge on any atom is 0.410 e. The van der Waals surface area contributed by atoms with Gasteiger partial charge in [0, 0.05) is 25.7 Å². The fraction of sp³-hybridized carbons (Fsp3) is 0.909. The monoisotopic (exact) mass is 212 g/mol. The first-order chi connectivity index (χ1) is 7.31. The average molecular weight is 212 g/mol. The average Bonchev–Trinajstić information content (AvgIpc) is 3.03. The Morgan fingerprint density at radius 1 is 1.53 bits per heavy atom. The van der Waals surface area contributed by atoms with Gasteiger partial charge in [-0.05, 0) is 19.3 Å². The molecule has 0 radical (unpaired) electrons. The van der Waals surface area contributed by atoms with Gasteiger partial charge in [-0.3, -0.25) is 0 Å². The Hall–Kier alpha value is -0.770. The third-order valence-corrected chi connectivity index (χ3v) is 3.15. The normalized spacial score (nSPS) is 26.5. The molecule has 2 aliphatic rings. The van der Waals surface area contributed by atoms with Crippen LogP contribution in [0.2, 0.25) is 0 Å². The Kier molecular flexibility index (Phi) is 3.46. The van der Waals surface area contributed by atoms with E-state index in [0.29, 0.717) is 12.6 Å². The highest BCUT2D eigenvalue weighted by atomic mass is 16.6. The maximum atomic E-state index is 11.7. The lowest BCUT2D eigenvalue weighted by Gasteiger charge is -2.35. The number of nitrogens with one attached hydrogen (secondary N) is 1. The van der Waals surface area contributed by atoms with E-state index in [4.69, 9.17) is 4.74 Å². The largest absolute Gasteiger partial charge is 0.450 e. The molecule has 0 spiro atoms. The Balaban J connectivity index is 1.88. The molecule has 1 heterocycles. The van der Waals surface area contributed by atoms with Crippen molar-refractivity contribution >= 4 is 6.09 Å². The van der Waals surface area contributed by atoms with Crippen LogP contribution in [0.15, 0.2) is 0 Å². The molecule has 0 aromatic carbocycles. The molecule has 2 fully saturated rings. The molecule has 0 aromatic rings. The van der Waals surface area contributed by atoms with Crippen molar-refractivity contribution in [3.8, 4) is 0 Å². The summed E-state index contributed by atoms with van der Waals surface area (Å²) < 4.78 is 5.07. The van der Waals surface area contributed by atoms with Crippen molar-refractivity contribution < 1.29 is 9.53 Å². The van der Waals surface area contributed by atoms with Crippen molar-refractivity contribution in [3.63, 3.8) is 0 Å². The second-order valence-corrected chi connectivity index (χ2v) is 4.43. The standard InChI is InChI=1S/C11H20N2O2/c1-2-15-11(14)13-6-5-12-8-10(13)7-9-3-4-9/h9-10,12H,2-8H2,1H3. The molecule has 0 aromatic heterocycles. The lowest BCUT2D eigenvalue weighted by Crippen LogP contribution is -2.53. The summed E-state index contributed by atoms with van der Waals surface area (Å²) in [5.74, 6) is 0.854. The number of amides is 1. The molecule has 1 amide bonds. The second kappa shape index (κ2) is 4.84. The molecular formula is C11H20N2O2. The van der Waals surface area contributed by atoms with E-state index in [-0.39, 0.29) is 6.09 Å². The highest BCUT2D eigenvalue weighted by Crippen LogP contribution is 2.34. The summed E-state index contributed by atoms with van der Waals surface area (Å²) in [6.45, 7) is 4.93. The molecule has 1 atom stereocenters. The smallest absolute Gasteiger partial charge is 0.410 e. The van der Waals surface area contributed by atoms with E-state index in [0.717, 1.165) is 32.0 Å². The minimum absolute atomic E-state index is 0.135. The van der Waals surface area contributed by atoms with Crippen LogP contribution in [0.25, 0.3) is 0 Å². The van der Waals surface area contributed by atoms with E-state index in [9.17, 15) is 4.79 Å². The summed E-state index contributed by atoms with van der Waals surface area (Å²) in [6, 6.07) is 0.352. The van der Waals surface area contributed by atoms with E-state index in [1.165, 1.54) is 12.8 Å². The van der Waals surface area contributed by atoms with Gasteiger partial charge in [0.25, 0.3) is 0 Å². The molecule has 1 saturated heterocycles. The molecule has 0 bridgehead atoms. The Morgan fingerprint density at radius 2 is 2.33 bits per heavy atom. The first-order valence-corrected chi connectivity index (χ1v) is 5.95. The zero-order valence-electron chi connectivity index (χ0n) is 9.37. The van der Waals surface area contributed by atoms with Crippen LogP contribution in [0.5, 0.6) is 0 Å². The van der Waals surface area contributed by atoms with Crippen LogP contribution in [0.1, 0.15) is 26.2 Å². The van der Waals surface area contributed by atoms with Crippen LogP contribution >= 0.6 is 0 Å². The van der Waals surface area contributed by atoms with E-state index >= 15 is 0 Å². The SMILES string of the molecule is CCOC(=O)N1CCNCC1CC1CC1. The molecule has 86 valence electrons. The molecule has 1 N–H and O–H groups in total. The Morgan fingerprint density at radius 3 is 3.00 bits per heavy atom. The number of rotatable bonds is 3. The third kappa shape index (κ3) is 2.84. The van der Waals surface area contributed by atoms with Crippen LogP contribution < -0.4 is 5.32 Å². The van der Waals surface area contributed by atoms with Gasteiger partial charge >= 0.3 is 6.09 Å². The van der Waals surface area contributed by atoms with E-state index in [1.807, 2.05) is 11.8 Å². The summed E-state index contributed by atoms with van der Waals surface area (Å²) in [7, 11) is 0. The predicted octanol–water partition coefficient (Wildman–Crippen LogP) is 1.22. The minimum Gasteiger partial charge on any atom is -0.450 e. The molecule has 1 unspecified atom stereocenters. The zero-order valence-corrected chi connectivity index (χ0v) is 9.37. The van der Waals surface area contributed by atoms with Gasteiger partial charge in [0.15, 0.2) is 0 Å². The summed E-state index contributed by atoms with van der Waals surface area (Å²) in [5.41, 5.74) is 0. The number of hydrogen-bond acceptors (Lipinski definition) is 3. The van der Waals surface area contributed by atoms with Gasteiger partial charge in [-0.15, -0.1) is 0 Å². The van der Waals surface area contributed by atoms with E-state index in [1.54, 1.807) is 0 Å². The van der Waals surface area contributed by atoms with Crippen molar-refractivity contribution in [3.05, 3.63) is 0 Å². The van der Waals surface area contributed by atoms with Crippen LogP contribution in [0.3, 0.4) is 0 Å². The minimum atomic E-state index is -0.135. The molecule has 1 aliphatic heterocycles. The molecule has 15 heavy (non-hydrogen) atoms. The van der Waals surface area contributed by atoms with Crippen LogP contribution in [-0.2, 0) is 4.74 Å². The molecular weight excluding hydrogens is 192 g/mol. The molecule has 2 rings (SSSR count). The first kappa shape index (κ1) is 10.7. The van der Waals surface area contributed by atoms with Gasteiger partial charge < -0.3 is 15.0 Å². The van der Waals surface area contributed by atoms with Crippen molar-refractivity contribution in [1.29, 1.82) is 0 Å². The van der Waals surface area contributed by atoms with Crippen LogP contribution in [0.4, 0.5) is 4.79 Å². The van der Waals surface area contributed by atoms with Gasteiger partial charge in [0.2, 0.25) is 0 Å². The quantitative estimate of drug-likeness (QED) is 0.764. The molecule has 1 aliphatic carbocycles. The summed E-state index contributed by atoms with van der Waals surface area (Å²) in [5, 5.41) is 3.35. The molecule has 4 heteroatoms. The van der Waals surface area contributed by atoms with Gasteiger partial charge in [-0.25, -0.2) is 4.79 Å². The van der Waals surface area contributed by atoms with Crippen LogP contribution in [0, 0.1) is 5.92 Å². The van der Waals surface area contributed by atoms with Crippen molar-refractivity contribution in [2.75, 3.05) is 26.2 Å². The number of piperazine rings is 1. The number of nitrogens with zero attached hydrogens (tertiary/aromatic N) is 1. The fourth-order valence-corrected chi connectivity index (χ4v) is 2.16. The van der Waals surface area contributed by atoms with Crippen molar-refractivity contribution in [2.24, 2.45) is 5.92 Å². The summed E-state index contributed by atoms with van der Waals surface area (Å²) in [4.78, 5) is 13.6. The van der Waals surface area contributed by atoms with Crippen LogP contribution in [-0.4, -0.2) is 43.3 Å². The Bertz CT molecular complexity index is 229. The number of carbonyl (C=O) groups excluding carboxylic acids is 1. The molecule has 1 saturated carbocycles. The fourth-order valence-electron chi connectivity index (χ4n) is 2.16. The summed E-state index contributed by atoms with van der Waals surface area (Å²) >= 11 is 0. The zero-order chi connectivity index (χ0) is 10.7.